The Morgan fingerprint density at radius 3 is 2.33 bits per heavy atom. The Kier molecular flexibility index (Phi) is 5.04. The second-order valence-corrected chi connectivity index (χ2v) is 8.63. The predicted octanol–water partition coefficient (Wildman–Crippen LogP) is 3.89. The number of rotatable bonds is 3. The highest BCUT2D eigenvalue weighted by atomic mass is 79.9. The van der Waals surface area contributed by atoms with Crippen molar-refractivity contribution in [2.45, 2.75) is 23.7 Å². The first-order valence-corrected chi connectivity index (χ1v) is 10.0. The molecule has 3 rings (SSSR count). The molecule has 6 heteroatoms. The van der Waals surface area contributed by atoms with Gasteiger partial charge in [-0.3, -0.25) is 0 Å². The van der Waals surface area contributed by atoms with Gasteiger partial charge in [-0.05, 0) is 58.5 Å². The summed E-state index contributed by atoms with van der Waals surface area (Å²) in [5.41, 5.74) is 1.70. The highest BCUT2D eigenvalue weighted by Crippen LogP contribution is 2.31. The van der Waals surface area contributed by atoms with Crippen LogP contribution >= 0.6 is 15.9 Å². The fraction of sp³-hybridized carbons (Fsp3) is 0.278. The third-order valence-corrected chi connectivity index (χ3v) is 6.97. The fourth-order valence-corrected chi connectivity index (χ4v) is 5.17. The topological polar surface area (TPSA) is 61.2 Å². The molecule has 2 aromatic carbocycles. The van der Waals surface area contributed by atoms with Gasteiger partial charge in [0, 0.05) is 17.6 Å². The summed E-state index contributed by atoms with van der Waals surface area (Å²) >= 11 is 3.26. The zero-order valence-electron chi connectivity index (χ0n) is 13.0. The average Bonchev–Trinajstić information content (AvgIpc) is 2.62. The van der Waals surface area contributed by atoms with Crippen LogP contribution in [-0.2, 0) is 10.0 Å². The maximum absolute atomic E-state index is 12.8. The van der Waals surface area contributed by atoms with Crippen LogP contribution in [0.2, 0.25) is 0 Å². The zero-order valence-corrected chi connectivity index (χ0v) is 15.4. The van der Waals surface area contributed by atoms with Crippen molar-refractivity contribution in [2.75, 3.05) is 13.1 Å². The monoisotopic (exact) mass is 404 g/mol. The van der Waals surface area contributed by atoms with Crippen molar-refractivity contribution >= 4 is 26.0 Å². The summed E-state index contributed by atoms with van der Waals surface area (Å²) in [6.45, 7) is 1.03. The van der Waals surface area contributed by atoms with Crippen LogP contribution in [0, 0.1) is 11.3 Å². The standard InChI is InChI=1S/C18H17BrN2O2S/c19-18-12-17(7-6-16(18)13-20)24(22,23)21-10-8-15(9-11-21)14-4-2-1-3-5-14/h1-7,12,15H,8-11H2. The van der Waals surface area contributed by atoms with E-state index in [0.717, 1.165) is 12.8 Å². The van der Waals surface area contributed by atoms with Crippen LogP contribution in [-0.4, -0.2) is 25.8 Å². The molecule has 0 bridgehead atoms. The molecule has 4 nitrogen and oxygen atoms in total. The number of benzene rings is 2. The summed E-state index contributed by atoms with van der Waals surface area (Å²) in [5.74, 6) is 0.408. The van der Waals surface area contributed by atoms with E-state index in [1.54, 1.807) is 4.31 Å². The van der Waals surface area contributed by atoms with Crippen molar-refractivity contribution in [3.05, 3.63) is 64.1 Å². The van der Waals surface area contributed by atoms with Gasteiger partial charge in [0.1, 0.15) is 6.07 Å². The Hall–Kier alpha value is -1.68. The SMILES string of the molecule is N#Cc1ccc(S(=O)(=O)N2CCC(c3ccccc3)CC2)cc1Br. The van der Waals surface area contributed by atoms with Crippen LogP contribution in [0.25, 0.3) is 0 Å². The number of nitriles is 1. The predicted molar refractivity (Wildman–Crippen MR) is 96.0 cm³/mol. The third-order valence-electron chi connectivity index (χ3n) is 4.42. The van der Waals surface area contributed by atoms with Gasteiger partial charge in [-0.2, -0.15) is 9.57 Å². The van der Waals surface area contributed by atoms with E-state index < -0.39 is 10.0 Å². The van der Waals surface area contributed by atoms with Crippen LogP contribution in [0.1, 0.15) is 29.9 Å². The number of piperidine rings is 1. The minimum atomic E-state index is -3.52. The molecule has 0 radical (unpaired) electrons. The summed E-state index contributed by atoms with van der Waals surface area (Å²) < 4.78 is 27.7. The molecule has 0 N–H and O–H groups in total. The normalized spacial score (nSPS) is 16.7. The van der Waals surface area contributed by atoms with Gasteiger partial charge < -0.3 is 0 Å². The molecule has 1 fully saturated rings. The van der Waals surface area contributed by atoms with Gasteiger partial charge in [-0.15, -0.1) is 0 Å². The molecule has 0 saturated carbocycles. The number of sulfonamides is 1. The van der Waals surface area contributed by atoms with Crippen LogP contribution in [0.3, 0.4) is 0 Å². The molecule has 24 heavy (non-hydrogen) atoms. The maximum atomic E-state index is 12.8. The highest BCUT2D eigenvalue weighted by Gasteiger charge is 2.30. The van der Waals surface area contributed by atoms with Crippen LogP contribution in [0.4, 0.5) is 0 Å². The van der Waals surface area contributed by atoms with Gasteiger partial charge in [-0.1, -0.05) is 30.3 Å². The molecule has 0 spiro atoms. The van der Waals surface area contributed by atoms with Crippen LogP contribution in [0.15, 0.2) is 57.9 Å². The summed E-state index contributed by atoms with van der Waals surface area (Å²) in [7, 11) is -3.52. The van der Waals surface area contributed by atoms with E-state index in [1.165, 1.54) is 23.8 Å². The van der Waals surface area contributed by atoms with Crippen molar-refractivity contribution in [1.82, 2.24) is 4.31 Å². The van der Waals surface area contributed by atoms with E-state index >= 15 is 0 Å². The van der Waals surface area contributed by atoms with Crippen LogP contribution in [0.5, 0.6) is 0 Å². The summed E-state index contributed by atoms with van der Waals surface area (Å²) in [4.78, 5) is 0.228. The molecular weight excluding hydrogens is 388 g/mol. The number of nitrogens with zero attached hydrogens (tertiary/aromatic N) is 2. The molecule has 1 aliphatic rings. The minimum Gasteiger partial charge on any atom is -0.207 e. The zero-order chi connectivity index (χ0) is 17.2. The van der Waals surface area contributed by atoms with Gasteiger partial charge in [0.05, 0.1) is 10.5 Å². The van der Waals surface area contributed by atoms with Gasteiger partial charge in [-0.25, -0.2) is 8.42 Å². The van der Waals surface area contributed by atoms with Crippen molar-refractivity contribution in [3.63, 3.8) is 0 Å². The van der Waals surface area contributed by atoms with Crippen molar-refractivity contribution in [3.8, 4) is 6.07 Å². The van der Waals surface area contributed by atoms with Crippen molar-refractivity contribution in [1.29, 1.82) is 5.26 Å². The van der Waals surface area contributed by atoms with E-state index in [1.807, 2.05) is 24.3 Å². The molecule has 0 aliphatic carbocycles. The number of hydrogen-bond acceptors (Lipinski definition) is 3. The molecular formula is C18H17BrN2O2S. The lowest BCUT2D eigenvalue weighted by Crippen LogP contribution is -2.37. The molecule has 1 saturated heterocycles. The quantitative estimate of drug-likeness (QED) is 0.779. The highest BCUT2D eigenvalue weighted by molar-refractivity contribution is 9.10. The molecule has 124 valence electrons. The van der Waals surface area contributed by atoms with E-state index in [4.69, 9.17) is 5.26 Å². The van der Waals surface area contributed by atoms with Gasteiger partial charge in [0.15, 0.2) is 0 Å². The fourth-order valence-electron chi connectivity index (χ4n) is 3.05. The third kappa shape index (κ3) is 3.39. The van der Waals surface area contributed by atoms with Crippen LogP contribution < -0.4 is 0 Å². The van der Waals surface area contributed by atoms with Gasteiger partial charge in [0.2, 0.25) is 10.0 Å². The van der Waals surface area contributed by atoms with Gasteiger partial charge >= 0.3 is 0 Å². The lowest BCUT2D eigenvalue weighted by molar-refractivity contribution is 0.319. The second-order valence-electron chi connectivity index (χ2n) is 5.84. The Morgan fingerprint density at radius 1 is 1.08 bits per heavy atom. The largest absolute Gasteiger partial charge is 0.243 e. The molecule has 0 amide bonds. The smallest absolute Gasteiger partial charge is 0.207 e. The number of halogens is 1. The minimum absolute atomic E-state index is 0.228. The molecule has 0 unspecified atom stereocenters. The van der Waals surface area contributed by atoms with E-state index in [9.17, 15) is 8.42 Å². The maximum Gasteiger partial charge on any atom is 0.243 e. The first-order chi connectivity index (χ1) is 11.5. The molecule has 0 atom stereocenters. The van der Waals surface area contributed by atoms with Gasteiger partial charge in [0.25, 0.3) is 0 Å². The van der Waals surface area contributed by atoms with Crippen molar-refractivity contribution in [2.24, 2.45) is 0 Å². The Labute approximate surface area is 150 Å². The van der Waals surface area contributed by atoms with E-state index in [-0.39, 0.29) is 4.90 Å². The summed E-state index contributed by atoms with van der Waals surface area (Å²) in [6, 6.07) is 16.8. The Balaban J connectivity index is 1.76. The first-order valence-electron chi connectivity index (χ1n) is 7.77. The molecule has 2 aromatic rings. The molecule has 1 heterocycles. The Bertz CT molecular complexity index is 868. The molecule has 0 aromatic heterocycles. The van der Waals surface area contributed by atoms with E-state index in [2.05, 4.69) is 28.1 Å². The lowest BCUT2D eigenvalue weighted by atomic mass is 9.90. The first kappa shape index (κ1) is 17.2. The average molecular weight is 405 g/mol. The lowest BCUT2D eigenvalue weighted by Gasteiger charge is -2.31. The van der Waals surface area contributed by atoms with Crippen molar-refractivity contribution < 1.29 is 8.42 Å². The Morgan fingerprint density at radius 2 is 1.75 bits per heavy atom. The van der Waals surface area contributed by atoms with E-state index in [0.29, 0.717) is 29.0 Å². The summed E-state index contributed by atoms with van der Waals surface area (Å²) in [5, 5.41) is 8.96. The summed E-state index contributed by atoms with van der Waals surface area (Å²) in [6.07, 6.45) is 1.64. The number of hydrogen-bond donors (Lipinski definition) is 0. The molecule has 1 aliphatic heterocycles. The second kappa shape index (κ2) is 7.06.